The molecule has 0 amide bonds. The van der Waals surface area contributed by atoms with Crippen LogP contribution in [0.15, 0.2) is 0 Å². The number of carboxylic acid groups (broad SMARTS) is 1. The Bertz CT molecular complexity index is 92.4. The Kier molecular flexibility index (Phi) is 7.10. The van der Waals surface area contributed by atoms with E-state index in [2.05, 4.69) is 4.74 Å². The molecule has 0 spiro atoms. The molecule has 0 aromatic heterocycles. The number of ether oxygens (including phenoxy) is 1. The van der Waals surface area contributed by atoms with Crippen LogP contribution in [0, 0.1) is 0 Å². The van der Waals surface area contributed by atoms with E-state index >= 15 is 0 Å². The third-order valence-electron chi connectivity index (χ3n) is 0.402. The van der Waals surface area contributed by atoms with Crippen LogP contribution in [0.2, 0.25) is 0 Å². The highest BCUT2D eigenvalue weighted by molar-refractivity contribution is 5.37. The molecule has 0 saturated carbocycles. The van der Waals surface area contributed by atoms with Crippen molar-refractivity contribution in [2.75, 3.05) is 0 Å². The predicted molar refractivity (Wildman–Crippen MR) is 35.6 cm³/mol. The summed E-state index contributed by atoms with van der Waals surface area (Å²) in [5.74, 6) is 0. The van der Waals surface area contributed by atoms with Gasteiger partial charge in [0, 0.05) is 0 Å². The first-order valence-corrected chi connectivity index (χ1v) is 2.67. The van der Waals surface area contributed by atoms with Gasteiger partial charge < -0.3 is 9.84 Å². The molecule has 10 heavy (non-hydrogen) atoms. The summed E-state index contributed by atoms with van der Waals surface area (Å²) < 4.78 is 4.55. The molecule has 0 aromatic rings. The van der Waals surface area contributed by atoms with E-state index in [1.807, 2.05) is 20.8 Å². The van der Waals surface area contributed by atoms with Crippen molar-refractivity contribution < 1.29 is 19.4 Å². The summed E-state index contributed by atoms with van der Waals surface area (Å²) >= 11 is 0. The molecule has 0 aliphatic carbocycles. The summed E-state index contributed by atoms with van der Waals surface area (Å²) in [5.41, 5.74) is -0.318. The van der Waals surface area contributed by atoms with Gasteiger partial charge in [-0.05, 0) is 20.8 Å². The van der Waals surface area contributed by atoms with Crippen LogP contribution in [0.5, 0.6) is 0 Å². The van der Waals surface area contributed by atoms with Gasteiger partial charge in [-0.1, -0.05) is 0 Å². The van der Waals surface area contributed by atoms with Gasteiger partial charge in [0.2, 0.25) is 0 Å². The number of hydrogen-bond donors (Lipinski definition) is 1. The van der Waals surface area contributed by atoms with Crippen LogP contribution < -0.4 is 0 Å². The SMILES string of the molecule is CC(C)(C)OC=O.O=CO. The van der Waals surface area contributed by atoms with E-state index in [-0.39, 0.29) is 12.1 Å². The number of carbonyl (C=O) groups is 2. The second kappa shape index (κ2) is 6.07. The Hall–Kier alpha value is -1.06. The minimum absolute atomic E-state index is 0.250. The van der Waals surface area contributed by atoms with Crippen molar-refractivity contribution in [1.82, 2.24) is 0 Å². The fourth-order valence-electron chi connectivity index (χ4n) is 0.144. The van der Waals surface area contributed by atoms with Gasteiger partial charge in [0.1, 0.15) is 5.60 Å². The fraction of sp³-hybridized carbons (Fsp3) is 0.667. The molecule has 0 rings (SSSR count). The van der Waals surface area contributed by atoms with Crippen molar-refractivity contribution in [3.63, 3.8) is 0 Å². The zero-order chi connectivity index (χ0) is 8.62. The molecule has 0 aromatic carbocycles. The lowest BCUT2D eigenvalue weighted by atomic mass is 10.2. The van der Waals surface area contributed by atoms with Gasteiger partial charge in [-0.15, -0.1) is 0 Å². The smallest absolute Gasteiger partial charge is 0.293 e. The lowest BCUT2D eigenvalue weighted by molar-refractivity contribution is -0.138. The number of hydrogen-bond acceptors (Lipinski definition) is 3. The second-order valence-electron chi connectivity index (χ2n) is 2.43. The molecule has 0 fully saturated rings. The largest absolute Gasteiger partial charge is 0.483 e. The third kappa shape index (κ3) is 28.3. The molecular formula is C6H12O4. The summed E-state index contributed by atoms with van der Waals surface area (Å²) in [6.07, 6.45) is 0. The van der Waals surface area contributed by atoms with Crippen molar-refractivity contribution in [2.45, 2.75) is 26.4 Å². The average molecular weight is 148 g/mol. The molecule has 0 unspecified atom stereocenters. The highest BCUT2D eigenvalue weighted by Gasteiger charge is 2.07. The van der Waals surface area contributed by atoms with Crippen molar-refractivity contribution in [3.05, 3.63) is 0 Å². The Labute approximate surface area is 59.8 Å². The Morgan fingerprint density at radius 2 is 1.60 bits per heavy atom. The van der Waals surface area contributed by atoms with Gasteiger partial charge in [0.15, 0.2) is 0 Å². The van der Waals surface area contributed by atoms with Gasteiger partial charge in [0.05, 0.1) is 0 Å². The zero-order valence-corrected chi connectivity index (χ0v) is 6.33. The van der Waals surface area contributed by atoms with Crippen molar-refractivity contribution in [1.29, 1.82) is 0 Å². The van der Waals surface area contributed by atoms with E-state index in [0.29, 0.717) is 6.47 Å². The molecule has 0 radical (unpaired) electrons. The van der Waals surface area contributed by atoms with Crippen LogP contribution >= 0.6 is 0 Å². The summed E-state index contributed by atoms with van der Waals surface area (Å²) in [7, 11) is 0. The lowest BCUT2D eigenvalue weighted by Gasteiger charge is -2.14. The van der Waals surface area contributed by atoms with Gasteiger partial charge in [-0.2, -0.15) is 0 Å². The first kappa shape index (κ1) is 11.7. The van der Waals surface area contributed by atoms with Crippen LogP contribution in [0.1, 0.15) is 20.8 Å². The quantitative estimate of drug-likeness (QED) is 0.555. The summed E-state index contributed by atoms with van der Waals surface area (Å²) in [6, 6.07) is 0. The maximum absolute atomic E-state index is 9.60. The van der Waals surface area contributed by atoms with Crippen molar-refractivity contribution in [2.24, 2.45) is 0 Å². The van der Waals surface area contributed by atoms with E-state index in [0.717, 1.165) is 0 Å². The maximum atomic E-state index is 9.60. The third-order valence-corrected chi connectivity index (χ3v) is 0.402. The molecule has 0 bridgehead atoms. The average Bonchev–Trinajstić information content (AvgIpc) is 1.63. The van der Waals surface area contributed by atoms with Gasteiger partial charge in [-0.3, -0.25) is 9.59 Å². The number of carbonyl (C=O) groups excluding carboxylic acids is 1. The summed E-state index contributed by atoms with van der Waals surface area (Å²) in [6.45, 7) is 5.67. The molecule has 0 aliphatic rings. The first-order chi connectivity index (χ1) is 4.47. The summed E-state index contributed by atoms with van der Waals surface area (Å²) in [4.78, 5) is 18.0. The first-order valence-electron chi connectivity index (χ1n) is 2.67. The highest BCUT2D eigenvalue weighted by Crippen LogP contribution is 2.02. The van der Waals surface area contributed by atoms with Crippen LogP contribution in [0.3, 0.4) is 0 Å². The molecule has 0 heterocycles. The molecule has 1 N–H and O–H groups in total. The standard InChI is InChI=1S/C5H10O2.CH2O2/c1-5(2,3)7-4-6;2-1-3/h4H,1-3H3;1H,(H,2,3). The van der Waals surface area contributed by atoms with E-state index < -0.39 is 0 Å². The number of rotatable bonds is 1. The van der Waals surface area contributed by atoms with E-state index in [9.17, 15) is 4.79 Å². The second-order valence-corrected chi connectivity index (χ2v) is 2.43. The minimum Gasteiger partial charge on any atom is -0.483 e. The van der Waals surface area contributed by atoms with Gasteiger partial charge in [0.25, 0.3) is 12.9 Å². The Morgan fingerprint density at radius 1 is 1.30 bits per heavy atom. The molecular weight excluding hydrogens is 136 g/mol. The Balaban J connectivity index is 0. The molecule has 0 aliphatic heterocycles. The normalized spacial score (nSPS) is 8.70. The summed E-state index contributed by atoms with van der Waals surface area (Å²) in [5, 5.41) is 6.89. The van der Waals surface area contributed by atoms with Crippen LogP contribution in [-0.2, 0) is 14.3 Å². The maximum Gasteiger partial charge on any atom is 0.293 e. The van der Waals surface area contributed by atoms with E-state index in [1.54, 1.807) is 0 Å². The van der Waals surface area contributed by atoms with Crippen LogP contribution in [0.4, 0.5) is 0 Å². The van der Waals surface area contributed by atoms with E-state index in [1.165, 1.54) is 0 Å². The zero-order valence-electron chi connectivity index (χ0n) is 6.33. The molecule has 4 nitrogen and oxygen atoms in total. The van der Waals surface area contributed by atoms with Crippen molar-refractivity contribution in [3.8, 4) is 0 Å². The molecule has 60 valence electrons. The van der Waals surface area contributed by atoms with Gasteiger partial charge in [-0.25, -0.2) is 0 Å². The van der Waals surface area contributed by atoms with E-state index in [4.69, 9.17) is 9.90 Å². The monoisotopic (exact) mass is 148 g/mol. The van der Waals surface area contributed by atoms with Crippen molar-refractivity contribution >= 4 is 12.9 Å². The molecule has 4 heteroatoms. The Morgan fingerprint density at radius 3 is 1.60 bits per heavy atom. The van der Waals surface area contributed by atoms with Crippen LogP contribution in [-0.4, -0.2) is 23.7 Å². The fourth-order valence-corrected chi connectivity index (χ4v) is 0.144. The van der Waals surface area contributed by atoms with Gasteiger partial charge >= 0.3 is 0 Å². The lowest BCUT2D eigenvalue weighted by Crippen LogP contribution is -2.17. The highest BCUT2D eigenvalue weighted by atomic mass is 16.5. The topological polar surface area (TPSA) is 63.6 Å². The minimum atomic E-state index is -0.318. The van der Waals surface area contributed by atoms with Crippen LogP contribution in [0.25, 0.3) is 0 Å². The molecule has 0 atom stereocenters. The predicted octanol–water partition coefficient (Wildman–Crippen LogP) is 0.659. The molecule has 0 saturated heterocycles.